The Morgan fingerprint density at radius 1 is 1.15 bits per heavy atom. The van der Waals surface area contributed by atoms with Crippen LogP contribution >= 0.6 is 0 Å². The van der Waals surface area contributed by atoms with Gasteiger partial charge in [-0.15, -0.1) is 0 Å². The Labute approximate surface area is 117 Å². The smallest absolute Gasteiger partial charge is 0.263 e. The van der Waals surface area contributed by atoms with Crippen LogP contribution < -0.4 is 14.8 Å². The number of aromatic nitrogens is 1. The number of amides is 1. The van der Waals surface area contributed by atoms with Crippen molar-refractivity contribution in [3.8, 4) is 11.5 Å². The van der Waals surface area contributed by atoms with E-state index in [-0.39, 0.29) is 12.5 Å². The fourth-order valence-corrected chi connectivity index (χ4v) is 1.54. The van der Waals surface area contributed by atoms with Gasteiger partial charge in [-0.2, -0.15) is 0 Å². The number of methoxy groups -OCH3 is 1. The summed E-state index contributed by atoms with van der Waals surface area (Å²) in [6, 6.07) is 10.7. The molecule has 0 saturated carbocycles. The highest BCUT2D eigenvalue weighted by Gasteiger charge is 2.04. The first-order valence-corrected chi connectivity index (χ1v) is 6.17. The predicted octanol–water partition coefficient (Wildman–Crippen LogP) is 2.42. The van der Waals surface area contributed by atoms with Gasteiger partial charge in [0.15, 0.2) is 6.61 Å². The molecule has 0 fully saturated rings. The first-order chi connectivity index (χ1) is 9.67. The number of nitrogens with zero attached hydrogens (tertiary/aromatic N) is 1. The van der Waals surface area contributed by atoms with E-state index in [1.807, 2.05) is 13.0 Å². The van der Waals surface area contributed by atoms with Crippen molar-refractivity contribution in [3.63, 3.8) is 0 Å². The summed E-state index contributed by atoms with van der Waals surface area (Å²) in [5.74, 6) is 1.61. The second kappa shape index (κ2) is 6.56. The summed E-state index contributed by atoms with van der Waals surface area (Å²) in [7, 11) is 1.60. The van der Waals surface area contributed by atoms with Crippen LogP contribution in [0.5, 0.6) is 11.5 Å². The number of pyridine rings is 1. The molecular weight excluding hydrogens is 256 g/mol. The van der Waals surface area contributed by atoms with Gasteiger partial charge in [-0.1, -0.05) is 6.07 Å². The minimum absolute atomic E-state index is 0.0676. The van der Waals surface area contributed by atoms with Gasteiger partial charge in [0.2, 0.25) is 0 Å². The van der Waals surface area contributed by atoms with Crippen LogP contribution in [0.15, 0.2) is 42.6 Å². The molecule has 0 aliphatic carbocycles. The Balaban J connectivity index is 1.83. The summed E-state index contributed by atoms with van der Waals surface area (Å²) >= 11 is 0. The number of ether oxygens (including phenoxy) is 2. The SMILES string of the molecule is COc1ccc(OCC(=O)Nc2ccc(C)cn2)cc1. The number of carbonyl (C=O) groups is 1. The van der Waals surface area contributed by atoms with Crippen LogP contribution in [0.1, 0.15) is 5.56 Å². The van der Waals surface area contributed by atoms with Gasteiger partial charge in [0.05, 0.1) is 7.11 Å². The van der Waals surface area contributed by atoms with E-state index < -0.39 is 0 Å². The third-order valence-electron chi connectivity index (χ3n) is 2.61. The van der Waals surface area contributed by atoms with Crippen molar-refractivity contribution >= 4 is 11.7 Å². The van der Waals surface area contributed by atoms with Crippen molar-refractivity contribution in [2.45, 2.75) is 6.92 Å². The lowest BCUT2D eigenvalue weighted by Crippen LogP contribution is -2.20. The van der Waals surface area contributed by atoms with Gasteiger partial charge in [-0.25, -0.2) is 4.98 Å². The van der Waals surface area contributed by atoms with E-state index in [2.05, 4.69) is 10.3 Å². The number of hydrogen-bond acceptors (Lipinski definition) is 4. The summed E-state index contributed by atoms with van der Waals surface area (Å²) in [4.78, 5) is 15.8. The highest BCUT2D eigenvalue weighted by atomic mass is 16.5. The number of carbonyl (C=O) groups excluding carboxylic acids is 1. The van der Waals surface area contributed by atoms with Crippen molar-refractivity contribution in [2.75, 3.05) is 19.0 Å². The fraction of sp³-hybridized carbons (Fsp3) is 0.200. The van der Waals surface area contributed by atoms with Crippen LogP contribution in [0.25, 0.3) is 0 Å². The fourth-order valence-electron chi connectivity index (χ4n) is 1.54. The van der Waals surface area contributed by atoms with Gasteiger partial charge in [0.25, 0.3) is 5.91 Å². The van der Waals surface area contributed by atoms with Gasteiger partial charge >= 0.3 is 0 Å². The monoisotopic (exact) mass is 272 g/mol. The van der Waals surface area contributed by atoms with Gasteiger partial charge in [0.1, 0.15) is 17.3 Å². The molecule has 1 heterocycles. The molecule has 0 bridgehead atoms. The van der Waals surface area contributed by atoms with Gasteiger partial charge in [-0.05, 0) is 42.8 Å². The number of aryl methyl sites for hydroxylation is 1. The average Bonchev–Trinajstić information content (AvgIpc) is 2.48. The van der Waals surface area contributed by atoms with E-state index in [0.717, 1.165) is 11.3 Å². The molecule has 0 unspecified atom stereocenters. The quantitative estimate of drug-likeness (QED) is 0.908. The number of hydrogen-bond donors (Lipinski definition) is 1. The lowest BCUT2D eigenvalue weighted by atomic mass is 10.3. The molecule has 0 spiro atoms. The Morgan fingerprint density at radius 3 is 2.45 bits per heavy atom. The minimum atomic E-state index is -0.253. The van der Waals surface area contributed by atoms with Crippen molar-refractivity contribution in [1.29, 1.82) is 0 Å². The number of nitrogens with one attached hydrogen (secondary N) is 1. The Kier molecular flexibility index (Phi) is 4.55. The van der Waals surface area contributed by atoms with E-state index >= 15 is 0 Å². The summed E-state index contributed by atoms with van der Waals surface area (Å²) < 4.78 is 10.4. The van der Waals surface area contributed by atoms with Crippen LogP contribution in [0, 0.1) is 6.92 Å². The molecule has 0 aliphatic rings. The molecule has 0 aliphatic heterocycles. The predicted molar refractivity (Wildman–Crippen MR) is 76.1 cm³/mol. The summed E-state index contributed by atoms with van der Waals surface area (Å²) in [6.45, 7) is 1.87. The van der Waals surface area contributed by atoms with E-state index in [1.54, 1.807) is 43.6 Å². The van der Waals surface area contributed by atoms with Gasteiger partial charge < -0.3 is 14.8 Å². The molecule has 1 N–H and O–H groups in total. The van der Waals surface area contributed by atoms with Crippen LogP contribution in [-0.4, -0.2) is 24.6 Å². The molecular formula is C15H16N2O3. The van der Waals surface area contributed by atoms with E-state index in [1.165, 1.54) is 0 Å². The van der Waals surface area contributed by atoms with Crippen molar-refractivity contribution in [3.05, 3.63) is 48.2 Å². The van der Waals surface area contributed by atoms with E-state index in [9.17, 15) is 4.79 Å². The van der Waals surface area contributed by atoms with E-state index in [0.29, 0.717) is 11.6 Å². The third-order valence-corrected chi connectivity index (χ3v) is 2.61. The van der Waals surface area contributed by atoms with Gasteiger partial charge in [-0.3, -0.25) is 4.79 Å². The highest BCUT2D eigenvalue weighted by Crippen LogP contribution is 2.16. The molecule has 0 saturated heterocycles. The second-order valence-corrected chi connectivity index (χ2v) is 4.23. The number of anilines is 1. The molecule has 1 amide bonds. The minimum Gasteiger partial charge on any atom is -0.497 e. The topological polar surface area (TPSA) is 60.5 Å². The maximum absolute atomic E-state index is 11.7. The Bertz CT molecular complexity index is 565. The molecule has 2 rings (SSSR count). The van der Waals surface area contributed by atoms with Crippen LogP contribution in [-0.2, 0) is 4.79 Å². The zero-order valence-corrected chi connectivity index (χ0v) is 11.4. The highest BCUT2D eigenvalue weighted by molar-refractivity contribution is 5.90. The molecule has 0 radical (unpaired) electrons. The zero-order valence-electron chi connectivity index (χ0n) is 11.4. The first kappa shape index (κ1) is 13.9. The van der Waals surface area contributed by atoms with Crippen LogP contribution in [0.4, 0.5) is 5.82 Å². The molecule has 1 aromatic carbocycles. The molecule has 5 heteroatoms. The summed E-state index contributed by atoms with van der Waals surface area (Å²) in [5, 5.41) is 2.66. The zero-order chi connectivity index (χ0) is 14.4. The normalized spacial score (nSPS) is 9.90. The standard InChI is InChI=1S/C15H16N2O3/c1-11-3-8-14(16-9-11)17-15(18)10-20-13-6-4-12(19-2)5-7-13/h3-9H,10H2,1-2H3,(H,16,17,18). The Hall–Kier alpha value is -2.56. The van der Waals surface area contributed by atoms with Crippen LogP contribution in [0.2, 0.25) is 0 Å². The first-order valence-electron chi connectivity index (χ1n) is 6.17. The number of rotatable bonds is 5. The molecule has 104 valence electrons. The Morgan fingerprint density at radius 2 is 1.85 bits per heavy atom. The largest absolute Gasteiger partial charge is 0.497 e. The van der Waals surface area contributed by atoms with Crippen molar-refractivity contribution in [1.82, 2.24) is 4.98 Å². The molecule has 20 heavy (non-hydrogen) atoms. The van der Waals surface area contributed by atoms with Gasteiger partial charge in [0, 0.05) is 6.20 Å². The number of benzene rings is 1. The molecule has 0 atom stereocenters. The third kappa shape index (κ3) is 3.98. The van der Waals surface area contributed by atoms with Crippen LogP contribution in [0.3, 0.4) is 0 Å². The lowest BCUT2D eigenvalue weighted by Gasteiger charge is -2.07. The maximum Gasteiger partial charge on any atom is 0.263 e. The second-order valence-electron chi connectivity index (χ2n) is 4.23. The maximum atomic E-state index is 11.7. The van der Waals surface area contributed by atoms with Crippen molar-refractivity contribution < 1.29 is 14.3 Å². The lowest BCUT2D eigenvalue weighted by molar-refractivity contribution is -0.118. The molecule has 2 aromatic rings. The van der Waals surface area contributed by atoms with E-state index in [4.69, 9.17) is 9.47 Å². The van der Waals surface area contributed by atoms with Crippen molar-refractivity contribution in [2.24, 2.45) is 0 Å². The average molecular weight is 272 g/mol. The molecule has 5 nitrogen and oxygen atoms in total. The summed E-state index contributed by atoms with van der Waals surface area (Å²) in [6.07, 6.45) is 1.69. The molecule has 1 aromatic heterocycles. The summed E-state index contributed by atoms with van der Waals surface area (Å²) in [5.41, 5.74) is 1.04.